The van der Waals surface area contributed by atoms with Crippen molar-refractivity contribution in [1.82, 2.24) is 15.0 Å². The van der Waals surface area contributed by atoms with Crippen molar-refractivity contribution in [3.05, 3.63) is 11.4 Å². The lowest BCUT2D eigenvalue weighted by molar-refractivity contribution is 0.111. The van der Waals surface area contributed by atoms with Crippen LogP contribution < -0.4 is 0 Å². The van der Waals surface area contributed by atoms with Crippen molar-refractivity contribution >= 4 is 6.29 Å². The van der Waals surface area contributed by atoms with Crippen molar-refractivity contribution in [1.29, 1.82) is 0 Å². The second-order valence-electron chi connectivity index (χ2n) is 6.16. The van der Waals surface area contributed by atoms with Crippen molar-refractivity contribution < 1.29 is 4.79 Å². The van der Waals surface area contributed by atoms with Crippen molar-refractivity contribution in [2.45, 2.75) is 65.3 Å². The summed E-state index contributed by atoms with van der Waals surface area (Å²) in [6.07, 6.45) is 9.79. The summed E-state index contributed by atoms with van der Waals surface area (Å²) in [4.78, 5) is 11.1. The molecule has 0 aliphatic heterocycles. The summed E-state index contributed by atoms with van der Waals surface area (Å²) in [5, 5.41) is 8.12. The molecule has 0 N–H and O–H groups in total. The van der Waals surface area contributed by atoms with E-state index in [1.165, 1.54) is 38.5 Å². The van der Waals surface area contributed by atoms with Crippen molar-refractivity contribution in [2.75, 3.05) is 0 Å². The average Bonchev–Trinajstić information content (AvgIpc) is 2.79. The number of hydrogen-bond donors (Lipinski definition) is 0. The van der Waals surface area contributed by atoms with Gasteiger partial charge in [0.2, 0.25) is 0 Å². The van der Waals surface area contributed by atoms with Crippen molar-refractivity contribution in [2.24, 2.45) is 11.8 Å². The fraction of sp³-hybridized carbons (Fsp3) is 0.800. The first-order valence-corrected chi connectivity index (χ1v) is 7.58. The molecule has 0 unspecified atom stereocenters. The van der Waals surface area contributed by atoms with Gasteiger partial charge in [-0.25, -0.2) is 4.68 Å². The van der Waals surface area contributed by atoms with Crippen molar-refractivity contribution in [3.63, 3.8) is 0 Å². The molecule has 0 spiro atoms. The normalized spacial score (nSPS) is 17.0. The van der Waals surface area contributed by atoms with Crippen LogP contribution in [0.25, 0.3) is 0 Å². The maximum atomic E-state index is 11.1. The van der Waals surface area contributed by atoms with Gasteiger partial charge >= 0.3 is 0 Å². The Balaban J connectivity index is 2.00. The fourth-order valence-electron chi connectivity index (χ4n) is 3.00. The lowest BCUT2D eigenvalue weighted by atomic mass is 9.85. The SMILES string of the molecule is CC(C)Cn1nnc(C=O)c1CCC1CCCCC1. The Morgan fingerprint density at radius 1 is 1.32 bits per heavy atom. The summed E-state index contributed by atoms with van der Waals surface area (Å²) in [5.41, 5.74) is 1.57. The third-order valence-electron chi connectivity index (χ3n) is 4.03. The van der Waals surface area contributed by atoms with Crippen LogP contribution in [0.4, 0.5) is 0 Å². The first-order valence-electron chi connectivity index (χ1n) is 7.58. The van der Waals surface area contributed by atoms with E-state index in [1.54, 1.807) is 0 Å². The fourth-order valence-corrected chi connectivity index (χ4v) is 3.00. The van der Waals surface area contributed by atoms with E-state index in [9.17, 15) is 4.79 Å². The minimum absolute atomic E-state index is 0.523. The molecular formula is C15H25N3O. The Morgan fingerprint density at radius 2 is 2.05 bits per heavy atom. The van der Waals surface area contributed by atoms with Crippen LogP contribution in [0.1, 0.15) is 68.6 Å². The topological polar surface area (TPSA) is 47.8 Å². The zero-order valence-electron chi connectivity index (χ0n) is 12.1. The van der Waals surface area contributed by atoms with E-state index < -0.39 is 0 Å². The van der Waals surface area contributed by atoms with Gasteiger partial charge in [0.05, 0.1) is 5.69 Å². The minimum atomic E-state index is 0.523. The Bertz CT molecular complexity index is 406. The van der Waals surface area contributed by atoms with E-state index in [0.29, 0.717) is 11.6 Å². The molecule has 1 heterocycles. The summed E-state index contributed by atoms with van der Waals surface area (Å²) in [5.74, 6) is 1.35. The van der Waals surface area contributed by atoms with Crippen LogP contribution in [-0.2, 0) is 13.0 Å². The monoisotopic (exact) mass is 263 g/mol. The molecule has 4 heteroatoms. The Hall–Kier alpha value is -1.19. The van der Waals surface area contributed by atoms with Gasteiger partial charge in [-0.3, -0.25) is 4.79 Å². The molecule has 1 saturated carbocycles. The summed E-state index contributed by atoms with van der Waals surface area (Å²) in [7, 11) is 0. The molecule has 1 aromatic rings. The summed E-state index contributed by atoms with van der Waals surface area (Å²) < 4.78 is 1.93. The van der Waals surface area contributed by atoms with E-state index in [0.717, 1.165) is 30.9 Å². The number of aldehydes is 1. The molecule has 0 radical (unpaired) electrons. The second kappa shape index (κ2) is 6.83. The molecular weight excluding hydrogens is 238 g/mol. The molecule has 1 aliphatic rings. The van der Waals surface area contributed by atoms with Crippen LogP contribution in [-0.4, -0.2) is 21.3 Å². The second-order valence-corrected chi connectivity index (χ2v) is 6.16. The molecule has 0 amide bonds. The average molecular weight is 263 g/mol. The van der Waals surface area contributed by atoms with Gasteiger partial charge in [-0.1, -0.05) is 51.2 Å². The quantitative estimate of drug-likeness (QED) is 0.740. The number of nitrogens with zero attached hydrogens (tertiary/aromatic N) is 3. The first kappa shape index (κ1) is 14.2. The standard InChI is InChI=1S/C15H25N3O/c1-12(2)10-18-15(14(11-19)16-17-18)9-8-13-6-4-3-5-7-13/h11-13H,3-10H2,1-2H3. The zero-order chi connectivity index (χ0) is 13.7. The predicted molar refractivity (Wildman–Crippen MR) is 75.1 cm³/mol. The molecule has 1 fully saturated rings. The van der Waals surface area contributed by atoms with E-state index in [-0.39, 0.29) is 0 Å². The number of carbonyl (C=O) groups excluding carboxylic acids is 1. The number of aromatic nitrogens is 3. The zero-order valence-corrected chi connectivity index (χ0v) is 12.1. The molecule has 1 aliphatic carbocycles. The van der Waals surface area contributed by atoms with Crippen LogP contribution >= 0.6 is 0 Å². The highest BCUT2D eigenvalue weighted by Crippen LogP contribution is 2.27. The van der Waals surface area contributed by atoms with Gasteiger partial charge in [-0.05, 0) is 24.7 Å². The van der Waals surface area contributed by atoms with Gasteiger partial charge in [-0.15, -0.1) is 5.10 Å². The van der Waals surface area contributed by atoms with E-state index >= 15 is 0 Å². The smallest absolute Gasteiger partial charge is 0.172 e. The third-order valence-corrected chi connectivity index (χ3v) is 4.03. The molecule has 0 bridgehead atoms. The molecule has 19 heavy (non-hydrogen) atoms. The van der Waals surface area contributed by atoms with E-state index in [4.69, 9.17) is 0 Å². The van der Waals surface area contributed by atoms with Crippen LogP contribution in [0.5, 0.6) is 0 Å². The van der Waals surface area contributed by atoms with E-state index in [1.807, 2.05) is 4.68 Å². The predicted octanol–water partition coefficient (Wildman–Crippen LogP) is 3.26. The van der Waals surface area contributed by atoms with Crippen LogP contribution in [0, 0.1) is 11.8 Å². The highest BCUT2D eigenvalue weighted by Gasteiger charge is 2.17. The molecule has 0 atom stereocenters. The molecule has 4 nitrogen and oxygen atoms in total. The maximum Gasteiger partial charge on any atom is 0.172 e. The minimum Gasteiger partial charge on any atom is -0.296 e. The van der Waals surface area contributed by atoms with Crippen LogP contribution in [0.15, 0.2) is 0 Å². The van der Waals surface area contributed by atoms with Gasteiger partial charge < -0.3 is 0 Å². The molecule has 1 aromatic heterocycles. The van der Waals surface area contributed by atoms with Crippen LogP contribution in [0.2, 0.25) is 0 Å². The van der Waals surface area contributed by atoms with Crippen LogP contribution in [0.3, 0.4) is 0 Å². The Morgan fingerprint density at radius 3 is 2.68 bits per heavy atom. The van der Waals surface area contributed by atoms with Gasteiger partial charge in [0.15, 0.2) is 6.29 Å². The molecule has 0 aromatic carbocycles. The maximum absolute atomic E-state index is 11.1. The Labute approximate surface area is 115 Å². The third kappa shape index (κ3) is 3.88. The van der Waals surface area contributed by atoms with Gasteiger partial charge in [-0.2, -0.15) is 0 Å². The van der Waals surface area contributed by atoms with Gasteiger partial charge in [0.25, 0.3) is 0 Å². The molecule has 2 rings (SSSR count). The van der Waals surface area contributed by atoms with Gasteiger partial charge in [0.1, 0.15) is 5.69 Å². The lowest BCUT2D eigenvalue weighted by Gasteiger charge is -2.21. The highest BCUT2D eigenvalue weighted by molar-refractivity contribution is 5.73. The number of carbonyl (C=O) groups is 1. The molecule has 0 saturated heterocycles. The largest absolute Gasteiger partial charge is 0.296 e. The highest BCUT2D eigenvalue weighted by atomic mass is 16.1. The van der Waals surface area contributed by atoms with E-state index in [2.05, 4.69) is 24.2 Å². The summed E-state index contributed by atoms with van der Waals surface area (Å²) in [6, 6.07) is 0. The van der Waals surface area contributed by atoms with Gasteiger partial charge in [0, 0.05) is 6.54 Å². The molecule has 106 valence electrons. The summed E-state index contributed by atoms with van der Waals surface area (Å²) in [6.45, 7) is 5.17. The Kier molecular flexibility index (Phi) is 5.11. The lowest BCUT2D eigenvalue weighted by Crippen LogP contribution is -2.13. The first-order chi connectivity index (χ1) is 9.20. The number of rotatable bonds is 6. The van der Waals surface area contributed by atoms with Crippen molar-refractivity contribution in [3.8, 4) is 0 Å². The number of hydrogen-bond acceptors (Lipinski definition) is 3. The summed E-state index contributed by atoms with van der Waals surface area (Å²) >= 11 is 0.